The Bertz CT molecular complexity index is 1030. The average molecular weight is 402 g/mol. The lowest BCUT2D eigenvalue weighted by atomic mass is 10.2. The highest BCUT2D eigenvalue weighted by Crippen LogP contribution is 2.26. The van der Waals surface area contributed by atoms with Crippen molar-refractivity contribution in [2.75, 3.05) is 18.2 Å². The van der Waals surface area contributed by atoms with Crippen molar-refractivity contribution in [2.45, 2.75) is 11.4 Å². The summed E-state index contributed by atoms with van der Waals surface area (Å²) in [6, 6.07) is 9.54. The Morgan fingerprint density at radius 2 is 2.11 bits per heavy atom. The molecule has 0 saturated heterocycles. The van der Waals surface area contributed by atoms with Gasteiger partial charge in [-0.3, -0.25) is 24.3 Å². The molecule has 0 unspecified atom stereocenters. The highest BCUT2D eigenvalue weighted by Gasteiger charge is 2.21. The van der Waals surface area contributed by atoms with E-state index in [0.717, 1.165) is 23.9 Å². The summed E-state index contributed by atoms with van der Waals surface area (Å²) in [7, 11) is 1.04. The van der Waals surface area contributed by atoms with Gasteiger partial charge >= 0.3 is 5.97 Å². The summed E-state index contributed by atoms with van der Waals surface area (Å²) in [5.74, 6) is -1.50. The first kappa shape index (κ1) is 20.7. The molecule has 11 heteroatoms. The molecule has 144 valence electrons. The van der Waals surface area contributed by atoms with Crippen molar-refractivity contribution in [1.82, 2.24) is 4.57 Å². The van der Waals surface area contributed by atoms with Crippen molar-refractivity contribution in [3.05, 3.63) is 62.6 Å². The molecule has 1 aromatic carbocycles. The number of amides is 1. The number of anilines is 1. The number of thioether (sulfide) groups is 1. The molecule has 1 amide bonds. The Morgan fingerprint density at radius 3 is 2.75 bits per heavy atom. The number of aromatic nitrogens is 1. The second kappa shape index (κ2) is 9.33. The fraction of sp³-hybridized carbons (Fsp3) is 0.176. The van der Waals surface area contributed by atoms with E-state index in [9.17, 15) is 24.5 Å². The van der Waals surface area contributed by atoms with Gasteiger partial charge in [0.25, 0.3) is 11.2 Å². The maximum absolute atomic E-state index is 12.4. The number of hydrogen-bond acceptors (Lipinski definition) is 8. The van der Waals surface area contributed by atoms with E-state index in [0.29, 0.717) is 10.6 Å². The van der Waals surface area contributed by atoms with Crippen LogP contribution >= 0.6 is 11.8 Å². The molecule has 0 aliphatic heterocycles. The minimum atomic E-state index is -1.04. The maximum Gasteiger partial charge on any atom is 0.343 e. The summed E-state index contributed by atoms with van der Waals surface area (Å²) in [4.78, 5) is 47.3. The van der Waals surface area contributed by atoms with Gasteiger partial charge in [0.2, 0.25) is 5.91 Å². The van der Waals surface area contributed by atoms with Crippen LogP contribution in [0.4, 0.5) is 11.4 Å². The summed E-state index contributed by atoms with van der Waals surface area (Å²) in [5.41, 5.74) is -1.54. The van der Waals surface area contributed by atoms with Gasteiger partial charge in [-0.25, -0.2) is 4.79 Å². The van der Waals surface area contributed by atoms with Gasteiger partial charge in [0.1, 0.15) is 12.1 Å². The predicted molar refractivity (Wildman–Crippen MR) is 100 cm³/mol. The quantitative estimate of drug-likeness (QED) is 0.319. The van der Waals surface area contributed by atoms with Gasteiger partial charge < -0.3 is 10.1 Å². The minimum absolute atomic E-state index is 0.180. The molecule has 10 nitrogen and oxygen atoms in total. The summed E-state index contributed by atoms with van der Waals surface area (Å²) in [5, 5.41) is 22.3. The first-order chi connectivity index (χ1) is 13.4. The Kier molecular flexibility index (Phi) is 6.89. The highest BCUT2D eigenvalue weighted by molar-refractivity contribution is 7.99. The lowest BCUT2D eigenvalue weighted by Gasteiger charge is -2.11. The number of methoxy groups -OCH3 is 1. The van der Waals surface area contributed by atoms with E-state index in [4.69, 9.17) is 5.26 Å². The summed E-state index contributed by atoms with van der Waals surface area (Å²) < 4.78 is 5.22. The first-order valence-corrected chi connectivity index (χ1v) is 8.71. The maximum atomic E-state index is 12.4. The third-order valence-corrected chi connectivity index (χ3v) is 4.40. The number of nitriles is 1. The normalized spacial score (nSPS) is 10.0. The topological polar surface area (TPSA) is 144 Å². The molecule has 1 N–H and O–H groups in total. The molecule has 0 bridgehead atoms. The number of nitro groups is 1. The minimum Gasteiger partial charge on any atom is -0.465 e. The molecular formula is C17H14N4O6S. The van der Waals surface area contributed by atoms with Crippen molar-refractivity contribution in [3.8, 4) is 6.07 Å². The number of para-hydroxylation sites is 1. The predicted octanol–water partition coefficient (Wildman–Crippen LogP) is 1.80. The van der Waals surface area contributed by atoms with Crippen LogP contribution in [0.3, 0.4) is 0 Å². The number of nitrogens with zero attached hydrogens (tertiary/aromatic N) is 3. The number of carbonyl (C=O) groups excluding carboxylic acids is 2. The summed E-state index contributed by atoms with van der Waals surface area (Å²) in [6.45, 7) is -0.554. The van der Waals surface area contributed by atoms with Gasteiger partial charge in [-0.2, -0.15) is 5.26 Å². The Labute approximate surface area is 162 Å². The number of ether oxygens (including phenoxy) is 1. The monoisotopic (exact) mass is 402 g/mol. The molecule has 0 radical (unpaired) electrons. The van der Waals surface area contributed by atoms with Crippen LogP contribution in [0.1, 0.15) is 10.4 Å². The van der Waals surface area contributed by atoms with Crippen LogP contribution in [0.5, 0.6) is 0 Å². The van der Waals surface area contributed by atoms with E-state index >= 15 is 0 Å². The van der Waals surface area contributed by atoms with Crippen LogP contribution < -0.4 is 10.9 Å². The van der Waals surface area contributed by atoms with E-state index in [1.54, 1.807) is 24.3 Å². The SMILES string of the molecule is COC(=O)c1cc([N+](=O)[O-])cn(CC(=O)Nc2ccccc2SCC#N)c1=O. The van der Waals surface area contributed by atoms with Crippen molar-refractivity contribution in [1.29, 1.82) is 5.26 Å². The molecule has 0 atom stereocenters. The molecular weight excluding hydrogens is 388 g/mol. The van der Waals surface area contributed by atoms with Crippen LogP contribution in [0.25, 0.3) is 0 Å². The van der Waals surface area contributed by atoms with Crippen molar-refractivity contribution < 1.29 is 19.2 Å². The summed E-state index contributed by atoms with van der Waals surface area (Å²) in [6.07, 6.45) is 0.880. The largest absolute Gasteiger partial charge is 0.465 e. The fourth-order valence-electron chi connectivity index (χ4n) is 2.24. The molecule has 0 aliphatic carbocycles. The number of esters is 1. The van der Waals surface area contributed by atoms with E-state index in [1.807, 2.05) is 6.07 Å². The standard InChI is InChI=1S/C17H14N4O6S/c1-27-17(24)12-8-11(21(25)26)9-20(16(12)23)10-15(22)19-13-4-2-3-5-14(13)28-7-6-18/h2-5,8-9H,7,10H2,1H3,(H,19,22). The zero-order valence-electron chi connectivity index (χ0n) is 14.6. The first-order valence-electron chi connectivity index (χ1n) is 7.73. The molecule has 0 aliphatic rings. The van der Waals surface area contributed by atoms with Gasteiger partial charge in [-0.1, -0.05) is 12.1 Å². The van der Waals surface area contributed by atoms with Crippen LogP contribution in [-0.2, 0) is 16.1 Å². The zero-order chi connectivity index (χ0) is 20.7. The van der Waals surface area contributed by atoms with Gasteiger partial charge in [-0.15, -0.1) is 11.8 Å². The Balaban J connectivity index is 2.31. The Morgan fingerprint density at radius 1 is 1.39 bits per heavy atom. The van der Waals surface area contributed by atoms with E-state index in [1.165, 1.54) is 11.8 Å². The number of hydrogen-bond donors (Lipinski definition) is 1. The lowest BCUT2D eigenvalue weighted by molar-refractivity contribution is -0.385. The van der Waals surface area contributed by atoms with Gasteiger partial charge in [0, 0.05) is 11.0 Å². The molecule has 28 heavy (non-hydrogen) atoms. The second-order valence-electron chi connectivity index (χ2n) is 5.28. The number of nitrogens with one attached hydrogen (secondary N) is 1. The summed E-state index contributed by atoms with van der Waals surface area (Å²) >= 11 is 1.22. The molecule has 2 aromatic rings. The third-order valence-electron chi connectivity index (χ3n) is 3.46. The van der Waals surface area contributed by atoms with E-state index in [2.05, 4.69) is 10.1 Å². The Hall–Kier alpha value is -3.65. The molecule has 2 rings (SSSR count). The van der Waals surface area contributed by atoms with Crippen LogP contribution in [-0.4, -0.2) is 34.2 Å². The number of carbonyl (C=O) groups is 2. The molecule has 1 heterocycles. The number of pyridine rings is 1. The molecule has 0 fully saturated rings. The van der Waals surface area contributed by atoms with Crippen molar-refractivity contribution in [3.63, 3.8) is 0 Å². The van der Waals surface area contributed by atoms with Crippen LogP contribution in [0, 0.1) is 21.4 Å². The second-order valence-corrected chi connectivity index (χ2v) is 6.30. The lowest BCUT2D eigenvalue weighted by Crippen LogP contribution is -2.31. The van der Waals surface area contributed by atoms with E-state index < -0.39 is 40.2 Å². The van der Waals surface area contributed by atoms with Crippen LogP contribution in [0.2, 0.25) is 0 Å². The number of benzene rings is 1. The van der Waals surface area contributed by atoms with Gasteiger partial charge in [-0.05, 0) is 12.1 Å². The smallest absolute Gasteiger partial charge is 0.343 e. The highest BCUT2D eigenvalue weighted by atomic mass is 32.2. The van der Waals surface area contributed by atoms with Crippen molar-refractivity contribution in [2.24, 2.45) is 0 Å². The average Bonchev–Trinajstić information content (AvgIpc) is 2.68. The molecule has 1 aromatic heterocycles. The van der Waals surface area contributed by atoms with E-state index in [-0.39, 0.29) is 5.75 Å². The van der Waals surface area contributed by atoms with Gasteiger partial charge in [0.05, 0.1) is 35.7 Å². The van der Waals surface area contributed by atoms with Gasteiger partial charge in [0.15, 0.2) is 0 Å². The molecule has 0 saturated carbocycles. The molecule has 0 spiro atoms. The third kappa shape index (κ3) is 4.95. The fourth-order valence-corrected chi connectivity index (χ4v) is 2.91. The zero-order valence-corrected chi connectivity index (χ0v) is 15.4. The number of rotatable bonds is 7. The van der Waals surface area contributed by atoms with Crippen LogP contribution in [0.15, 0.2) is 46.2 Å². The van der Waals surface area contributed by atoms with Crippen molar-refractivity contribution >= 4 is 35.0 Å².